The summed E-state index contributed by atoms with van der Waals surface area (Å²) in [6.07, 6.45) is 0. The van der Waals surface area contributed by atoms with E-state index in [-0.39, 0.29) is 6.04 Å². The summed E-state index contributed by atoms with van der Waals surface area (Å²) in [5.74, 6) is 1.76. The first-order chi connectivity index (χ1) is 14.7. The molecule has 0 heterocycles. The van der Waals surface area contributed by atoms with Gasteiger partial charge >= 0.3 is 0 Å². The maximum Gasteiger partial charge on any atom is 0.125 e. The molecule has 0 amide bonds. The minimum Gasteiger partial charge on any atom is -0.497 e. The van der Waals surface area contributed by atoms with Crippen molar-refractivity contribution in [2.24, 2.45) is 0 Å². The molecule has 0 fully saturated rings. The quantitative estimate of drug-likeness (QED) is 0.377. The Hall–Kier alpha value is -3.30. The lowest BCUT2D eigenvalue weighted by molar-refractivity contribution is 0.286. The fourth-order valence-corrected chi connectivity index (χ4v) is 3.92. The van der Waals surface area contributed by atoms with E-state index in [4.69, 9.17) is 9.47 Å². The Morgan fingerprint density at radius 2 is 1.47 bits per heavy atom. The number of nitrogens with zero attached hydrogens (tertiary/aromatic N) is 1. The fraction of sp³-hybridized carbons (Fsp3) is 0.185. The highest BCUT2D eigenvalue weighted by Crippen LogP contribution is 2.39. The van der Waals surface area contributed by atoms with Crippen LogP contribution >= 0.6 is 0 Å². The van der Waals surface area contributed by atoms with Crippen molar-refractivity contribution in [2.45, 2.75) is 12.6 Å². The van der Waals surface area contributed by atoms with Gasteiger partial charge < -0.3 is 9.47 Å². The lowest BCUT2D eigenvalue weighted by Gasteiger charge is -2.28. The van der Waals surface area contributed by atoms with E-state index in [2.05, 4.69) is 85.7 Å². The third-order valence-electron chi connectivity index (χ3n) is 5.39. The van der Waals surface area contributed by atoms with E-state index in [1.54, 1.807) is 7.11 Å². The molecule has 0 aromatic heterocycles. The zero-order chi connectivity index (χ0) is 20.9. The van der Waals surface area contributed by atoms with Gasteiger partial charge in [0, 0.05) is 5.56 Å². The average molecular weight is 398 g/mol. The molecule has 3 nitrogen and oxygen atoms in total. The number of methoxy groups -OCH3 is 1. The number of hydrogen-bond donors (Lipinski definition) is 0. The highest BCUT2D eigenvalue weighted by molar-refractivity contribution is 5.88. The fourth-order valence-electron chi connectivity index (χ4n) is 3.92. The Morgan fingerprint density at radius 3 is 2.17 bits per heavy atom. The summed E-state index contributed by atoms with van der Waals surface area (Å²) < 4.78 is 11.6. The number of rotatable bonds is 7. The van der Waals surface area contributed by atoms with Crippen molar-refractivity contribution in [3.8, 4) is 11.5 Å². The molecule has 4 rings (SSSR count). The molecule has 3 heteroatoms. The molecule has 4 aromatic rings. The van der Waals surface area contributed by atoms with Crippen LogP contribution in [0.3, 0.4) is 0 Å². The molecule has 152 valence electrons. The molecule has 0 spiro atoms. The summed E-state index contributed by atoms with van der Waals surface area (Å²) in [7, 11) is 5.91. The summed E-state index contributed by atoms with van der Waals surface area (Å²) in [5.41, 5.74) is 3.54. The normalized spacial score (nSPS) is 12.1. The molecule has 30 heavy (non-hydrogen) atoms. The Kier molecular flexibility index (Phi) is 6.01. The van der Waals surface area contributed by atoms with Gasteiger partial charge in [0.15, 0.2) is 0 Å². The van der Waals surface area contributed by atoms with Crippen molar-refractivity contribution >= 4 is 10.8 Å². The molecule has 4 aromatic carbocycles. The maximum absolute atomic E-state index is 6.39. The zero-order valence-electron chi connectivity index (χ0n) is 17.7. The van der Waals surface area contributed by atoms with Crippen molar-refractivity contribution in [1.82, 2.24) is 4.90 Å². The predicted octanol–water partition coefficient (Wildman–Crippen LogP) is 6.08. The van der Waals surface area contributed by atoms with Crippen LogP contribution in [0.2, 0.25) is 0 Å². The van der Waals surface area contributed by atoms with Gasteiger partial charge in [0.25, 0.3) is 0 Å². The zero-order valence-corrected chi connectivity index (χ0v) is 17.7. The van der Waals surface area contributed by atoms with Crippen LogP contribution < -0.4 is 9.47 Å². The minimum absolute atomic E-state index is 0.0863. The third kappa shape index (κ3) is 4.17. The second-order valence-electron chi connectivity index (χ2n) is 7.61. The van der Waals surface area contributed by atoms with E-state index < -0.39 is 0 Å². The van der Waals surface area contributed by atoms with Gasteiger partial charge in [-0.15, -0.1) is 0 Å². The van der Waals surface area contributed by atoms with Crippen LogP contribution in [0.1, 0.15) is 22.7 Å². The predicted molar refractivity (Wildman–Crippen MR) is 123 cm³/mol. The average Bonchev–Trinajstić information content (AvgIpc) is 2.79. The summed E-state index contributed by atoms with van der Waals surface area (Å²) in [6, 6.07) is 31.5. The van der Waals surface area contributed by atoms with Crippen molar-refractivity contribution < 1.29 is 9.47 Å². The van der Waals surface area contributed by atoms with Gasteiger partial charge in [-0.3, -0.25) is 4.90 Å². The van der Waals surface area contributed by atoms with E-state index in [1.165, 1.54) is 21.9 Å². The van der Waals surface area contributed by atoms with Gasteiger partial charge in [0.05, 0.1) is 13.2 Å². The first-order valence-corrected chi connectivity index (χ1v) is 10.2. The molecule has 0 saturated carbocycles. The van der Waals surface area contributed by atoms with E-state index >= 15 is 0 Å². The molecular formula is C27H27NO2. The molecule has 0 saturated heterocycles. The highest BCUT2D eigenvalue weighted by atomic mass is 16.5. The van der Waals surface area contributed by atoms with Gasteiger partial charge in [-0.2, -0.15) is 0 Å². The van der Waals surface area contributed by atoms with Gasteiger partial charge in [0.2, 0.25) is 0 Å². The Labute approximate surface area is 178 Å². The number of fused-ring (bicyclic) bond motifs is 1. The molecule has 0 radical (unpaired) electrons. The molecule has 0 N–H and O–H groups in total. The van der Waals surface area contributed by atoms with Crippen molar-refractivity contribution in [3.63, 3.8) is 0 Å². The largest absolute Gasteiger partial charge is 0.497 e. The SMILES string of the molecule is COc1ccc(COc2ccc3ccccc3c2C(c2ccccc2)N(C)C)cc1. The topological polar surface area (TPSA) is 21.7 Å². The second-order valence-corrected chi connectivity index (χ2v) is 7.61. The first kappa shape index (κ1) is 20.0. The highest BCUT2D eigenvalue weighted by Gasteiger charge is 2.23. The van der Waals surface area contributed by atoms with Crippen molar-refractivity contribution in [1.29, 1.82) is 0 Å². The van der Waals surface area contributed by atoms with Crippen LogP contribution in [0.15, 0.2) is 91.0 Å². The van der Waals surface area contributed by atoms with Crippen molar-refractivity contribution in [3.05, 3.63) is 108 Å². The van der Waals surface area contributed by atoms with Crippen LogP contribution in [0.4, 0.5) is 0 Å². The summed E-state index contributed by atoms with van der Waals surface area (Å²) >= 11 is 0. The number of hydrogen-bond acceptors (Lipinski definition) is 3. The van der Waals surface area contributed by atoms with Gasteiger partial charge in [0.1, 0.15) is 18.1 Å². The molecule has 0 aliphatic rings. The standard InChI is InChI=1S/C27H27NO2/c1-28(2)27(22-10-5-4-6-11-22)26-24-12-8-7-9-21(24)15-18-25(26)30-19-20-13-16-23(29-3)17-14-20/h4-18,27H,19H2,1-3H3. The number of benzene rings is 4. The van der Waals surface area contributed by atoms with Gasteiger partial charge in [-0.1, -0.05) is 72.8 Å². The van der Waals surface area contributed by atoms with Crippen LogP contribution in [-0.4, -0.2) is 26.1 Å². The summed E-state index contributed by atoms with van der Waals surface area (Å²) in [6.45, 7) is 0.504. The Morgan fingerprint density at radius 1 is 0.767 bits per heavy atom. The summed E-state index contributed by atoms with van der Waals surface area (Å²) in [4.78, 5) is 2.25. The lowest BCUT2D eigenvalue weighted by atomic mass is 9.92. The second kappa shape index (κ2) is 9.02. The Bertz CT molecular complexity index is 1100. The molecular weight excluding hydrogens is 370 g/mol. The third-order valence-corrected chi connectivity index (χ3v) is 5.39. The first-order valence-electron chi connectivity index (χ1n) is 10.2. The van der Waals surface area contributed by atoms with E-state index in [1.807, 2.05) is 24.3 Å². The monoisotopic (exact) mass is 397 g/mol. The molecule has 1 atom stereocenters. The smallest absolute Gasteiger partial charge is 0.125 e. The van der Waals surface area contributed by atoms with Crippen molar-refractivity contribution in [2.75, 3.05) is 21.2 Å². The number of ether oxygens (including phenoxy) is 2. The maximum atomic E-state index is 6.39. The van der Waals surface area contributed by atoms with E-state index in [0.29, 0.717) is 6.61 Å². The molecule has 0 bridgehead atoms. The van der Waals surface area contributed by atoms with Gasteiger partial charge in [-0.25, -0.2) is 0 Å². The van der Waals surface area contributed by atoms with Gasteiger partial charge in [-0.05, 0) is 54.2 Å². The summed E-state index contributed by atoms with van der Waals surface area (Å²) in [5, 5.41) is 2.43. The van der Waals surface area contributed by atoms with Crippen LogP contribution in [0.25, 0.3) is 10.8 Å². The Balaban J connectivity index is 1.77. The lowest BCUT2D eigenvalue weighted by Crippen LogP contribution is -2.22. The van der Waals surface area contributed by atoms with Crippen LogP contribution in [0.5, 0.6) is 11.5 Å². The van der Waals surface area contributed by atoms with Crippen LogP contribution in [0, 0.1) is 0 Å². The molecule has 0 aliphatic heterocycles. The van der Waals surface area contributed by atoms with E-state index in [0.717, 1.165) is 17.1 Å². The minimum atomic E-state index is 0.0863. The molecule has 1 unspecified atom stereocenters. The van der Waals surface area contributed by atoms with E-state index in [9.17, 15) is 0 Å². The van der Waals surface area contributed by atoms with Crippen LogP contribution in [-0.2, 0) is 6.61 Å². The molecule has 0 aliphatic carbocycles.